The number of anilines is 1. The van der Waals surface area contributed by atoms with E-state index in [0.29, 0.717) is 6.04 Å². The average molecular weight is 426 g/mol. The highest BCUT2D eigenvalue weighted by Crippen LogP contribution is 2.41. The number of fused-ring (bicyclic) bond motifs is 1. The molecule has 0 spiro atoms. The van der Waals surface area contributed by atoms with Gasteiger partial charge in [0.05, 0.1) is 18.3 Å². The second-order valence-electron chi connectivity index (χ2n) is 8.11. The molecule has 5 rings (SSSR count). The zero-order valence-corrected chi connectivity index (χ0v) is 18.8. The smallest absolute Gasteiger partial charge is 0.0666 e. The van der Waals surface area contributed by atoms with Gasteiger partial charge in [-0.05, 0) is 36.8 Å². The van der Waals surface area contributed by atoms with E-state index in [2.05, 4.69) is 102 Å². The number of methoxy groups -OCH3 is 1. The maximum atomic E-state index is 5.62. The van der Waals surface area contributed by atoms with Crippen molar-refractivity contribution in [2.75, 3.05) is 25.2 Å². The minimum atomic E-state index is -0.667. The van der Waals surface area contributed by atoms with Crippen molar-refractivity contribution in [1.82, 2.24) is 0 Å². The van der Waals surface area contributed by atoms with E-state index in [4.69, 9.17) is 4.74 Å². The maximum absolute atomic E-state index is 5.62. The standard InChI is InChI=1S/C28H28NOP/c1-30-21-23-12-10-20-29(23)28-26-17-9-8-11-22(26)18-19-27(28)31(24-13-4-2-5-14-24)25-15-6-3-7-16-25/h2-9,11,13-19,23H,10,12,20-21H2,1H3/t23-/m0/s1. The molecule has 1 saturated heterocycles. The van der Waals surface area contributed by atoms with Crippen LogP contribution in [0.3, 0.4) is 0 Å². The topological polar surface area (TPSA) is 12.5 Å². The van der Waals surface area contributed by atoms with Crippen LogP contribution in [0.15, 0.2) is 97.1 Å². The third-order valence-corrected chi connectivity index (χ3v) is 8.64. The Kier molecular flexibility index (Phi) is 6.02. The predicted octanol–water partition coefficient (Wildman–Crippen LogP) is 5.21. The summed E-state index contributed by atoms with van der Waals surface area (Å²) in [5.74, 6) is 0. The van der Waals surface area contributed by atoms with Crippen LogP contribution in [-0.2, 0) is 4.74 Å². The molecule has 0 unspecified atom stereocenters. The van der Waals surface area contributed by atoms with Gasteiger partial charge in [-0.1, -0.05) is 97.1 Å². The molecular weight excluding hydrogens is 397 g/mol. The summed E-state index contributed by atoms with van der Waals surface area (Å²) in [6, 6.07) is 36.0. The summed E-state index contributed by atoms with van der Waals surface area (Å²) in [5, 5.41) is 6.88. The molecule has 1 aliphatic rings. The Balaban J connectivity index is 1.76. The quantitative estimate of drug-likeness (QED) is 0.393. The second-order valence-corrected chi connectivity index (χ2v) is 10.3. The molecule has 3 heteroatoms. The lowest BCUT2D eigenvalue weighted by Crippen LogP contribution is -2.37. The van der Waals surface area contributed by atoms with E-state index in [1.807, 2.05) is 7.11 Å². The van der Waals surface area contributed by atoms with Crippen molar-refractivity contribution in [3.63, 3.8) is 0 Å². The Morgan fingerprint density at radius 1 is 0.806 bits per heavy atom. The minimum Gasteiger partial charge on any atom is -0.383 e. The number of rotatable bonds is 6. The molecule has 2 nitrogen and oxygen atoms in total. The van der Waals surface area contributed by atoms with Crippen molar-refractivity contribution in [3.05, 3.63) is 97.1 Å². The van der Waals surface area contributed by atoms with Gasteiger partial charge in [0.2, 0.25) is 0 Å². The van der Waals surface area contributed by atoms with Crippen LogP contribution in [0.4, 0.5) is 5.69 Å². The molecule has 156 valence electrons. The van der Waals surface area contributed by atoms with E-state index in [9.17, 15) is 0 Å². The number of hydrogen-bond donors (Lipinski definition) is 0. The van der Waals surface area contributed by atoms with Crippen molar-refractivity contribution >= 4 is 40.3 Å². The first-order valence-electron chi connectivity index (χ1n) is 11.0. The van der Waals surface area contributed by atoms with Gasteiger partial charge >= 0.3 is 0 Å². The van der Waals surface area contributed by atoms with Crippen LogP contribution >= 0.6 is 7.92 Å². The molecule has 0 radical (unpaired) electrons. The minimum absolute atomic E-state index is 0.429. The lowest BCUT2D eigenvalue weighted by atomic mass is 10.1. The van der Waals surface area contributed by atoms with Crippen LogP contribution in [0, 0.1) is 0 Å². The van der Waals surface area contributed by atoms with Crippen LogP contribution in [0.25, 0.3) is 10.8 Å². The molecule has 1 heterocycles. The molecule has 0 bridgehead atoms. The molecular formula is C28H28NOP. The van der Waals surface area contributed by atoms with Gasteiger partial charge in [-0.25, -0.2) is 0 Å². The fourth-order valence-electron chi connectivity index (χ4n) is 4.80. The molecule has 0 aliphatic carbocycles. The maximum Gasteiger partial charge on any atom is 0.0666 e. The highest BCUT2D eigenvalue weighted by atomic mass is 31.1. The Bertz CT molecular complexity index is 1110. The van der Waals surface area contributed by atoms with E-state index >= 15 is 0 Å². The first kappa shape index (κ1) is 20.2. The lowest BCUT2D eigenvalue weighted by molar-refractivity contribution is 0.181. The van der Waals surface area contributed by atoms with Crippen LogP contribution in [0.2, 0.25) is 0 Å². The third-order valence-electron chi connectivity index (χ3n) is 6.17. The molecule has 31 heavy (non-hydrogen) atoms. The first-order chi connectivity index (χ1) is 15.4. The van der Waals surface area contributed by atoms with E-state index in [1.54, 1.807) is 0 Å². The van der Waals surface area contributed by atoms with Crippen LogP contribution in [-0.4, -0.2) is 26.3 Å². The van der Waals surface area contributed by atoms with E-state index in [1.165, 1.54) is 45.2 Å². The fraction of sp³-hybridized carbons (Fsp3) is 0.214. The SMILES string of the molecule is COC[C@@H]1CCCN1c1c(P(c2ccccc2)c2ccccc2)ccc2ccccc12. The van der Waals surface area contributed by atoms with Gasteiger partial charge in [0.1, 0.15) is 0 Å². The predicted molar refractivity (Wildman–Crippen MR) is 135 cm³/mol. The van der Waals surface area contributed by atoms with Crippen molar-refractivity contribution in [2.24, 2.45) is 0 Å². The summed E-state index contributed by atoms with van der Waals surface area (Å²) >= 11 is 0. The summed E-state index contributed by atoms with van der Waals surface area (Å²) in [6.07, 6.45) is 2.40. The summed E-state index contributed by atoms with van der Waals surface area (Å²) in [6.45, 7) is 1.86. The van der Waals surface area contributed by atoms with Gasteiger partial charge in [-0.15, -0.1) is 0 Å². The Morgan fingerprint density at radius 2 is 1.45 bits per heavy atom. The molecule has 1 atom stereocenters. The first-order valence-corrected chi connectivity index (χ1v) is 12.4. The third kappa shape index (κ3) is 3.99. The molecule has 0 amide bonds. The summed E-state index contributed by atoms with van der Waals surface area (Å²) < 4.78 is 5.62. The molecule has 0 N–H and O–H groups in total. The van der Waals surface area contributed by atoms with Crippen LogP contribution in [0.1, 0.15) is 12.8 Å². The Labute approximate surface area is 186 Å². The molecule has 0 saturated carbocycles. The zero-order valence-electron chi connectivity index (χ0n) is 17.9. The average Bonchev–Trinajstić information content (AvgIpc) is 3.28. The Hall–Kier alpha value is -2.67. The van der Waals surface area contributed by atoms with Crippen molar-refractivity contribution in [3.8, 4) is 0 Å². The van der Waals surface area contributed by atoms with E-state index < -0.39 is 7.92 Å². The summed E-state index contributed by atoms with van der Waals surface area (Å²) in [7, 11) is 1.15. The van der Waals surface area contributed by atoms with Gasteiger partial charge in [0.25, 0.3) is 0 Å². The summed E-state index contributed by atoms with van der Waals surface area (Å²) in [4.78, 5) is 2.63. The molecule has 0 aromatic heterocycles. The largest absolute Gasteiger partial charge is 0.383 e. The molecule has 4 aromatic rings. The van der Waals surface area contributed by atoms with Gasteiger partial charge in [0, 0.05) is 24.3 Å². The highest BCUT2D eigenvalue weighted by Gasteiger charge is 2.30. The second kappa shape index (κ2) is 9.22. The van der Waals surface area contributed by atoms with Crippen LogP contribution in [0.5, 0.6) is 0 Å². The van der Waals surface area contributed by atoms with Crippen molar-refractivity contribution in [1.29, 1.82) is 0 Å². The molecule has 4 aromatic carbocycles. The van der Waals surface area contributed by atoms with Crippen molar-refractivity contribution in [2.45, 2.75) is 18.9 Å². The van der Waals surface area contributed by atoms with Gasteiger partial charge in [-0.3, -0.25) is 0 Å². The lowest BCUT2D eigenvalue weighted by Gasteiger charge is -2.32. The molecule has 1 fully saturated rings. The van der Waals surface area contributed by atoms with Gasteiger partial charge < -0.3 is 9.64 Å². The number of hydrogen-bond acceptors (Lipinski definition) is 2. The zero-order chi connectivity index (χ0) is 21.0. The highest BCUT2D eigenvalue weighted by molar-refractivity contribution is 7.80. The summed E-state index contributed by atoms with van der Waals surface area (Å²) in [5.41, 5.74) is 1.40. The number of ether oxygens (including phenoxy) is 1. The van der Waals surface area contributed by atoms with Crippen molar-refractivity contribution < 1.29 is 4.74 Å². The van der Waals surface area contributed by atoms with E-state index in [-0.39, 0.29) is 0 Å². The van der Waals surface area contributed by atoms with Gasteiger partial charge in [0.15, 0.2) is 0 Å². The molecule has 1 aliphatic heterocycles. The normalized spacial score (nSPS) is 16.3. The monoisotopic (exact) mass is 425 g/mol. The number of benzene rings is 4. The fourth-order valence-corrected chi connectivity index (χ4v) is 7.28. The number of nitrogens with zero attached hydrogens (tertiary/aromatic N) is 1. The van der Waals surface area contributed by atoms with Crippen LogP contribution < -0.4 is 20.8 Å². The van der Waals surface area contributed by atoms with Gasteiger partial charge in [-0.2, -0.15) is 0 Å². The van der Waals surface area contributed by atoms with E-state index in [0.717, 1.165) is 13.2 Å². The Morgan fingerprint density at radius 3 is 2.13 bits per heavy atom.